The molecule has 1 saturated heterocycles. The van der Waals surface area contributed by atoms with Gasteiger partial charge in [0.15, 0.2) is 0 Å². The number of nitrogens with one attached hydrogen (secondary N) is 1. The molecule has 0 spiro atoms. The van der Waals surface area contributed by atoms with Crippen LogP contribution in [0.15, 0.2) is 24.3 Å². The van der Waals surface area contributed by atoms with E-state index in [2.05, 4.69) is 41.4 Å². The maximum atomic E-state index is 11.7. The van der Waals surface area contributed by atoms with E-state index in [1.807, 2.05) is 11.8 Å². The molecule has 0 aliphatic carbocycles. The van der Waals surface area contributed by atoms with Crippen molar-refractivity contribution in [2.75, 3.05) is 37.6 Å². The minimum atomic E-state index is 0.0573. The van der Waals surface area contributed by atoms with Crippen LogP contribution in [0.1, 0.15) is 12.5 Å². The third-order valence-corrected chi connectivity index (χ3v) is 3.35. The van der Waals surface area contributed by atoms with Gasteiger partial charge in [0.2, 0.25) is 0 Å². The van der Waals surface area contributed by atoms with Gasteiger partial charge in [0.1, 0.15) is 0 Å². The van der Waals surface area contributed by atoms with Crippen molar-refractivity contribution in [3.05, 3.63) is 29.8 Å². The quantitative estimate of drug-likeness (QED) is 0.865. The summed E-state index contributed by atoms with van der Waals surface area (Å²) in [6.45, 7) is 8.16. The summed E-state index contributed by atoms with van der Waals surface area (Å²) in [5, 5.41) is 2.85. The zero-order valence-corrected chi connectivity index (χ0v) is 11.1. The summed E-state index contributed by atoms with van der Waals surface area (Å²) in [4.78, 5) is 15.9. The van der Waals surface area contributed by atoms with Crippen LogP contribution in [0, 0.1) is 6.92 Å². The molecule has 0 atom stereocenters. The van der Waals surface area contributed by atoms with E-state index in [1.54, 1.807) is 0 Å². The molecule has 1 N–H and O–H groups in total. The second kappa shape index (κ2) is 5.76. The molecule has 0 saturated carbocycles. The second-order valence-corrected chi connectivity index (χ2v) is 4.60. The molecule has 0 radical (unpaired) electrons. The van der Waals surface area contributed by atoms with Crippen molar-refractivity contribution in [3.8, 4) is 0 Å². The molecular weight excluding hydrogens is 226 g/mol. The van der Waals surface area contributed by atoms with Crippen LogP contribution in [-0.4, -0.2) is 43.7 Å². The van der Waals surface area contributed by atoms with Crippen LogP contribution >= 0.6 is 0 Å². The first-order chi connectivity index (χ1) is 8.72. The van der Waals surface area contributed by atoms with Gasteiger partial charge in [0.25, 0.3) is 0 Å². The average molecular weight is 247 g/mol. The fourth-order valence-electron chi connectivity index (χ4n) is 2.33. The normalized spacial score (nSPS) is 15.7. The molecule has 2 amide bonds. The van der Waals surface area contributed by atoms with Crippen LogP contribution in [0.3, 0.4) is 0 Å². The van der Waals surface area contributed by atoms with Gasteiger partial charge in [-0.15, -0.1) is 0 Å². The number of amides is 2. The molecule has 4 nitrogen and oxygen atoms in total. The number of hydrogen-bond donors (Lipinski definition) is 1. The summed E-state index contributed by atoms with van der Waals surface area (Å²) >= 11 is 0. The Morgan fingerprint density at radius 3 is 2.50 bits per heavy atom. The Balaban J connectivity index is 1.95. The lowest BCUT2D eigenvalue weighted by Crippen LogP contribution is -2.52. The lowest BCUT2D eigenvalue weighted by molar-refractivity contribution is 0.195. The van der Waals surface area contributed by atoms with Crippen molar-refractivity contribution < 1.29 is 4.79 Å². The second-order valence-electron chi connectivity index (χ2n) is 4.60. The molecule has 98 valence electrons. The van der Waals surface area contributed by atoms with Crippen LogP contribution in [0.5, 0.6) is 0 Å². The molecule has 4 heteroatoms. The van der Waals surface area contributed by atoms with Crippen molar-refractivity contribution in [2.24, 2.45) is 0 Å². The predicted molar refractivity (Wildman–Crippen MR) is 74.0 cm³/mol. The maximum Gasteiger partial charge on any atom is 0.317 e. The molecule has 0 aromatic heterocycles. The third-order valence-electron chi connectivity index (χ3n) is 3.35. The van der Waals surface area contributed by atoms with Gasteiger partial charge < -0.3 is 15.1 Å². The number of para-hydroxylation sites is 1. The smallest absolute Gasteiger partial charge is 0.317 e. The Kier molecular flexibility index (Phi) is 4.07. The number of benzene rings is 1. The molecule has 0 bridgehead atoms. The molecule has 1 aliphatic rings. The highest BCUT2D eigenvalue weighted by Gasteiger charge is 2.21. The molecule has 1 aliphatic heterocycles. The van der Waals surface area contributed by atoms with E-state index >= 15 is 0 Å². The van der Waals surface area contributed by atoms with E-state index < -0.39 is 0 Å². The summed E-state index contributed by atoms with van der Waals surface area (Å²) in [7, 11) is 0. The number of urea groups is 1. The Hall–Kier alpha value is -1.71. The molecule has 1 heterocycles. The van der Waals surface area contributed by atoms with Gasteiger partial charge in [-0.25, -0.2) is 4.79 Å². The highest BCUT2D eigenvalue weighted by atomic mass is 16.2. The van der Waals surface area contributed by atoms with Crippen LogP contribution in [0.2, 0.25) is 0 Å². The molecule has 1 fully saturated rings. The van der Waals surface area contributed by atoms with Gasteiger partial charge in [0.05, 0.1) is 0 Å². The zero-order chi connectivity index (χ0) is 13.0. The maximum absolute atomic E-state index is 11.7. The summed E-state index contributed by atoms with van der Waals surface area (Å²) in [6.07, 6.45) is 0. The number of rotatable bonds is 2. The number of hydrogen-bond acceptors (Lipinski definition) is 2. The van der Waals surface area contributed by atoms with Crippen LogP contribution < -0.4 is 10.2 Å². The van der Waals surface area contributed by atoms with E-state index in [0.717, 1.165) is 26.2 Å². The number of carbonyl (C=O) groups is 1. The van der Waals surface area contributed by atoms with Crippen molar-refractivity contribution in [3.63, 3.8) is 0 Å². The van der Waals surface area contributed by atoms with Gasteiger partial charge >= 0.3 is 6.03 Å². The monoisotopic (exact) mass is 247 g/mol. The first-order valence-corrected chi connectivity index (χ1v) is 6.55. The highest BCUT2D eigenvalue weighted by Crippen LogP contribution is 2.20. The zero-order valence-electron chi connectivity index (χ0n) is 11.1. The number of aryl methyl sites for hydroxylation is 1. The molecule has 1 aromatic rings. The van der Waals surface area contributed by atoms with Crippen LogP contribution in [0.25, 0.3) is 0 Å². The van der Waals surface area contributed by atoms with Gasteiger partial charge in [-0.2, -0.15) is 0 Å². The number of piperazine rings is 1. The summed E-state index contributed by atoms with van der Waals surface area (Å²) in [5.74, 6) is 0. The van der Waals surface area contributed by atoms with Crippen molar-refractivity contribution in [2.45, 2.75) is 13.8 Å². The minimum absolute atomic E-state index is 0.0573. The highest BCUT2D eigenvalue weighted by molar-refractivity contribution is 5.74. The summed E-state index contributed by atoms with van der Waals surface area (Å²) in [6, 6.07) is 8.46. The number of nitrogens with zero attached hydrogens (tertiary/aromatic N) is 2. The SMILES string of the molecule is CCNC(=O)N1CCN(c2ccccc2C)CC1. The van der Waals surface area contributed by atoms with E-state index in [9.17, 15) is 4.79 Å². The Bertz CT molecular complexity index is 411. The third kappa shape index (κ3) is 2.75. The summed E-state index contributed by atoms with van der Waals surface area (Å²) in [5.41, 5.74) is 2.58. The standard InChI is InChI=1S/C14H21N3O/c1-3-15-14(18)17-10-8-16(9-11-17)13-7-5-4-6-12(13)2/h4-7H,3,8-11H2,1-2H3,(H,15,18). The van der Waals surface area contributed by atoms with Crippen LogP contribution in [0.4, 0.5) is 10.5 Å². The van der Waals surface area contributed by atoms with E-state index in [1.165, 1.54) is 11.3 Å². The Morgan fingerprint density at radius 1 is 1.22 bits per heavy atom. The van der Waals surface area contributed by atoms with Gasteiger partial charge in [-0.3, -0.25) is 0 Å². The van der Waals surface area contributed by atoms with Crippen molar-refractivity contribution in [1.82, 2.24) is 10.2 Å². The van der Waals surface area contributed by atoms with Gasteiger partial charge in [-0.05, 0) is 25.5 Å². The van der Waals surface area contributed by atoms with Gasteiger partial charge in [0, 0.05) is 38.4 Å². The first-order valence-electron chi connectivity index (χ1n) is 6.55. The van der Waals surface area contributed by atoms with E-state index in [4.69, 9.17) is 0 Å². The lowest BCUT2D eigenvalue weighted by Gasteiger charge is -2.36. The number of anilines is 1. The molecule has 18 heavy (non-hydrogen) atoms. The molecule has 0 unspecified atom stereocenters. The average Bonchev–Trinajstić information content (AvgIpc) is 2.40. The van der Waals surface area contributed by atoms with Crippen molar-refractivity contribution >= 4 is 11.7 Å². The largest absolute Gasteiger partial charge is 0.368 e. The molecule has 2 rings (SSSR count). The Morgan fingerprint density at radius 2 is 1.89 bits per heavy atom. The van der Waals surface area contributed by atoms with Crippen molar-refractivity contribution in [1.29, 1.82) is 0 Å². The molecular formula is C14H21N3O. The lowest BCUT2D eigenvalue weighted by atomic mass is 10.1. The van der Waals surface area contributed by atoms with E-state index in [0.29, 0.717) is 6.54 Å². The fourth-order valence-corrected chi connectivity index (χ4v) is 2.33. The molecule has 1 aromatic carbocycles. The minimum Gasteiger partial charge on any atom is -0.368 e. The van der Waals surface area contributed by atoms with Gasteiger partial charge in [-0.1, -0.05) is 18.2 Å². The van der Waals surface area contributed by atoms with E-state index in [-0.39, 0.29) is 6.03 Å². The first kappa shape index (κ1) is 12.7. The Labute approximate surface area is 109 Å². The topological polar surface area (TPSA) is 35.6 Å². The predicted octanol–water partition coefficient (Wildman–Crippen LogP) is 1.85. The van der Waals surface area contributed by atoms with Crippen LogP contribution in [-0.2, 0) is 0 Å². The summed E-state index contributed by atoms with van der Waals surface area (Å²) < 4.78 is 0. The fraction of sp³-hybridized carbons (Fsp3) is 0.500. The number of carbonyl (C=O) groups excluding carboxylic acids is 1.